The minimum absolute atomic E-state index is 0.320. The molecule has 0 saturated heterocycles. The van der Waals surface area contributed by atoms with Crippen LogP contribution in [0.4, 0.5) is 0 Å². The van der Waals surface area contributed by atoms with Gasteiger partial charge in [0.15, 0.2) is 0 Å². The van der Waals surface area contributed by atoms with Crippen molar-refractivity contribution in [3.05, 3.63) is 33.8 Å². The molecule has 0 heterocycles. The molecule has 0 radical (unpaired) electrons. The first-order valence-electron chi connectivity index (χ1n) is 4.34. The molecule has 0 aliphatic rings. The van der Waals surface area contributed by atoms with Gasteiger partial charge in [-0.2, -0.15) is 0 Å². The lowest BCUT2D eigenvalue weighted by atomic mass is 10.0. The fraction of sp³-hybridized carbons (Fsp3) is 0.333. The van der Waals surface area contributed by atoms with E-state index in [0.29, 0.717) is 5.92 Å². The van der Waals surface area contributed by atoms with E-state index in [0.717, 1.165) is 10.9 Å². The third-order valence-corrected chi connectivity index (χ3v) is 2.94. The summed E-state index contributed by atoms with van der Waals surface area (Å²) in [5, 5.41) is 0. The summed E-state index contributed by atoms with van der Waals surface area (Å²) in [6.45, 7) is 4.16. The highest BCUT2D eigenvalue weighted by molar-refractivity contribution is 9.10. The number of terminal acetylenes is 1. The molecule has 0 saturated carbocycles. The molecule has 0 nitrogen and oxygen atoms in total. The normalized spacial score (nSPS) is 12.2. The van der Waals surface area contributed by atoms with Gasteiger partial charge in [-0.3, -0.25) is 0 Å². The monoisotopic (exact) mass is 236 g/mol. The van der Waals surface area contributed by atoms with Crippen molar-refractivity contribution >= 4 is 15.9 Å². The molecule has 0 bridgehead atoms. The molecule has 1 heteroatoms. The number of halogens is 1. The summed E-state index contributed by atoms with van der Waals surface area (Å²) in [5.41, 5.74) is 2.58. The van der Waals surface area contributed by atoms with Crippen LogP contribution < -0.4 is 0 Å². The van der Waals surface area contributed by atoms with E-state index in [4.69, 9.17) is 6.42 Å². The standard InChI is InChI=1S/C12H13Br/c1-4-9(2)7-11-5-6-12(13)10(3)8-11/h1,5-6,8-9H,7H2,2-3H3. The average Bonchev–Trinajstić information content (AvgIpc) is 2.11. The third kappa shape index (κ3) is 2.90. The van der Waals surface area contributed by atoms with Crippen LogP contribution in [0.25, 0.3) is 0 Å². The van der Waals surface area contributed by atoms with Crippen LogP contribution in [-0.2, 0) is 6.42 Å². The zero-order valence-corrected chi connectivity index (χ0v) is 9.56. The van der Waals surface area contributed by atoms with Crippen LogP contribution in [0.2, 0.25) is 0 Å². The summed E-state index contributed by atoms with van der Waals surface area (Å²) in [7, 11) is 0. The van der Waals surface area contributed by atoms with Crippen LogP contribution in [0.3, 0.4) is 0 Å². The van der Waals surface area contributed by atoms with Gasteiger partial charge in [-0.25, -0.2) is 0 Å². The van der Waals surface area contributed by atoms with Gasteiger partial charge in [-0.1, -0.05) is 35.0 Å². The molecule has 0 aliphatic carbocycles. The lowest BCUT2D eigenvalue weighted by molar-refractivity contribution is 0.750. The van der Waals surface area contributed by atoms with Crippen LogP contribution in [0.15, 0.2) is 22.7 Å². The first-order valence-corrected chi connectivity index (χ1v) is 5.14. The molecule has 1 unspecified atom stereocenters. The van der Waals surface area contributed by atoms with E-state index in [2.05, 4.69) is 53.9 Å². The lowest BCUT2D eigenvalue weighted by Crippen LogP contribution is -1.96. The maximum atomic E-state index is 5.33. The molecular formula is C12H13Br. The van der Waals surface area contributed by atoms with Gasteiger partial charge in [0.2, 0.25) is 0 Å². The highest BCUT2D eigenvalue weighted by Crippen LogP contribution is 2.18. The summed E-state index contributed by atoms with van der Waals surface area (Å²) in [5.74, 6) is 3.06. The Bertz CT molecular complexity index is 333. The van der Waals surface area contributed by atoms with E-state index in [1.807, 2.05) is 0 Å². The third-order valence-electron chi connectivity index (χ3n) is 2.05. The van der Waals surface area contributed by atoms with E-state index in [9.17, 15) is 0 Å². The number of aryl methyl sites for hydroxylation is 1. The Morgan fingerprint density at radius 2 is 2.23 bits per heavy atom. The van der Waals surface area contributed by atoms with Crippen molar-refractivity contribution in [1.29, 1.82) is 0 Å². The molecule has 0 amide bonds. The maximum absolute atomic E-state index is 5.33. The molecule has 1 rings (SSSR count). The van der Waals surface area contributed by atoms with E-state index in [-0.39, 0.29) is 0 Å². The van der Waals surface area contributed by atoms with Crippen molar-refractivity contribution in [3.8, 4) is 12.3 Å². The fourth-order valence-corrected chi connectivity index (χ4v) is 1.49. The molecule has 68 valence electrons. The smallest absolute Gasteiger partial charge is 0.0212 e. The zero-order valence-electron chi connectivity index (χ0n) is 7.97. The Labute approximate surface area is 88.5 Å². The SMILES string of the molecule is C#CC(C)Cc1ccc(Br)c(C)c1. The van der Waals surface area contributed by atoms with Gasteiger partial charge in [0.1, 0.15) is 0 Å². The van der Waals surface area contributed by atoms with E-state index < -0.39 is 0 Å². The average molecular weight is 237 g/mol. The zero-order chi connectivity index (χ0) is 9.84. The molecule has 0 N–H and O–H groups in total. The van der Waals surface area contributed by atoms with E-state index in [1.54, 1.807) is 0 Å². The second kappa shape index (κ2) is 4.48. The highest BCUT2D eigenvalue weighted by atomic mass is 79.9. The molecule has 1 atom stereocenters. The van der Waals surface area contributed by atoms with Crippen LogP contribution in [0.5, 0.6) is 0 Å². The summed E-state index contributed by atoms with van der Waals surface area (Å²) in [6.07, 6.45) is 6.29. The van der Waals surface area contributed by atoms with Crippen molar-refractivity contribution in [2.75, 3.05) is 0 Å². The van der Waals surface area contributed by atoms with Gasteiger partial charge < -0.3 is 0 Å². The van der Waals surface area contributed by atoms with E-state index >= 15 is 0 Å². The minimum atomic E-state index is 0.320. The van der Waals surface area contributed by atoms with Crippen molar-refractivity contribution in [3.63, 3.8) is 0 Å². The number of hydrogen-bond acceptors (Lipinski definition) is 0. The van der Waals surface area contributed by atoms with Crippen LogP contribution in [0, 0.1) is 25.2 Å². The molecule has 1 aromatic carbocycles. The predicted octanol–water partition coefficient (Wildman–Crippen LogP) is 3.57. The molecule has 0 aromatic heterocycles. The van der Waals surface area contributed by atoms with Crippen molar-refractivity contribution in [2.45, 2.75) is 20.3 Å². The van der Waals surface area contributed by atoms with Crippen molar-refractivity contribution in [2.24, 2.45) is 5.92 Å². The van der Waals surface area contributed by atoms with Gasteiger partial charge in [-0.05, 0) is 30.5 Å². The van der Waals surface area contributed by atoms with E-state index in [1.165, 1.54) is 11.1 Å². The van der Waals surface area contributed by atoms with Crippen molar-refractivity contribution < 1.29 is 0 Å². The Hall–Kier alpha value is -0.740. The second-order valence-electron chi connectivity index (χ2n) is 3.36. The van der Waals surface area contributed by atoms with Gasteiger partial charge in [0.25, 0.3) is 0 Å². The number of rotatable bonds is 2. The predicted molar refractivity (Wildman–Crippen MR) is 60.6 cm³/mol. The summed E-state index contributed by atoms with van der Waals surface area (Å²) < 4.78 is 1.16. The van der Waals surface area contributed by atoms with Crippen LogP contribution >= 0.6 is 15.9 Å². The molecular weight excluding hydrogens is 224 g/mol. The number of benzene rings is 1. The topological polar surface area (TPSA) is 0 Å². The lowest BCUT2D eigenvalue weighted by Gasteiger charge is -2.06. The Balaban J connectivity index is 2.81. The maximum Gasteiger partial charge on any atom is 0.0212 e. The van der Waals surface area contributed by atoms with Crippen LogP contribution in [-0.4, -0.2) is 0 Å². The summed E-state index contributed by atoms with van der Waals surface area (Å²) in [6, 6.07) is 6.37. The van der Waals surface area contributed by atoms with Gasteiger partial charge in [0, 0.05) is 10.4 Å². The summed E-state index contributed by atoms with van der Waals surface area (Å²) in [4.78, 5) is 0. The Kier molecular flexibility index (Phi) is 3.57. The molecule has 0 aliphatic heterocycles. The fourth-order valence-electron chi connectivity index (χ4n) is 1.25. The first-order chi connectivity index (χ1) is 6.13. The van der Waals surface area contributed by atoms with Gasteiger partial charge >= 0.3 is 0 Å². The van der Waals surface area contributed by atoms with Crippen LogP contribution in [0.1, 0.15) is 18.1 Å². The highest BCUT2D eigenvalue weighted by Gasteiger charge is 2.01. The number of hydrogen-bond donors (Lipinski definition) is 0. The quantitative estimate of drug-likeness (QED) is 0.690. The Morgan fingerprint density at radius 3 is 2.77 bits per heavy atom. The first kappa shape index (κ1) is 10.3. The molecule has 1 aromatic rings. The molecule has 13 heavy (non-hydrogen) atoms. The largest absolute Gasteiger partial charge is 0.120 e. The van der Waals surface area contributed by atoms with Gasteiger partial charge in [0.05, 0.1) is 0 Å². The second-order valence-corrected chi connectivity index (χ2v) is 4.21. The van der Waals surface area contributed by atoms with Crippen molar-refractivity contribution in [1.82, 2.24) is 0 Å². The summed E-state index contributed by atoms with van der Waals surface area (Å²) >= 11 is 3.47. The molecule has 0 spiro atoms. The minimum Gasteiger partial charge on any atom is -0.120 e. The Morgan fingerprint density at radius 1 is 1.54 bits per heavy atom. The molecule has 0 fully saturated rings. The van der Waals surface area contributed by atoms with Gasteiger partial charge in [-0.15, -0.1) is 12.3 Å².